The van der Waals surface area contributed by atoms with Crippen LogP contribution >= 0.6 is 0 Å². The van der Waals surface area contributed by atoms with E-state index in [1.54, 1.807) is 7.11 Å². The zero-order valence-electron chi connectivity index (χ0n) is 14.3. The third-order valence-electron chi connectivity index (χ3n) is 3.75. The summed E-state index contributed by atoms with van der Waals surface area (Å²) in [5, 5.41) is 6.83. The van der Waals surface area contributed by atoms with Crippen LogP contribution in [0.25, 0.3) is 0 Å². The highest BCUT2D eigenvalue weighted by atomic mass is 16.5. The molecule has 0 saturated carbocycles. The minimum atomic E-state index is 0.841. The predicted octanol–water partition coefficient (Wildman–Crippen LogP) is 5.80. The zero-order chi connectivity index (χ0) is 16.9. The lowest BCUT2D eigenvalue weighted by Gasteiger charge is -2.11. The Hall–Kier alpha value is -2.94. The molecule has 0 aliphatic carbocycles. The van der Waals surface area contributed by atoms with Gasteiger partial charge in [0.05, 0.1) is 7.11 Å². The lowest BCUT2D eigenvalue weighted by atomic mass is 10.1. The number of aryl methyl sites for hydroxylation is 2. The molecule has 3 rings (SSSR count). The summed E-state index contributed by atoms with van der Waals surface area (Å²) >= 11 is 0. The summed E-state index contributed by atoms with van der Waals surface area (Å²) < 4.78 is 5.25. The molecule has 3 aromatic rings. The molecule has 0 unspecified atom stereocenters. The fraction of sp³-hybridized carbons (Fsp3) is 0.143. The summed E-state index contributed by atoms with van der Waals surface area (Å²) in [7, 11) is 1.67. The summed E-state index contributed by atoms with van der Waals surface area (Å²) in [4.78, 5) is 0. The van der Waals surface area contributed by atoms with E-state index in [0.29, 0.717) is 0 Å². The monoisotopic (exact) mass is 318 g/mol. The number of rotatable bonds is 5. The molecule has 3 aromatic carbocycles. The fourth-order valence-corrected chi connectivity index (χ4v) is 2.72. The molecule has 0 bridgehead atoms. The predicted molar refractivity (Wildman–Crippen MR) is 102 cm³/mol. The first-order valence-electron chi connectivity index (χ1n) is 7.99. The van der Waals surface area contributed by atoms with Crippen molar-refractivity contribution in [3.05, 3.63) is 77.9 Å². The highest BCUT2D eigenvalue weighted by Gasteiger charge is 2.00. The molecule has 0 amide bonds. The van der Waals surface area contributed by atoms with E-state index >= 15 is 0 Å². The Morgan fingerprint density at radius 1 is 0.625 bits per heavy atom. The summed E-state index contributed by atoms with van der Waals surface area (Å²) in [5.41, 5.74) is 6.73. The van der Waals surface area contributed by atoms with Gasteiger partial charge < -0.3 is 15.4 Å². The van der Waals surface area contributed by atoms with Crippen LogP contribution in [0.4, 0.5) is 22.7 Å². The molecule has 0 spiro atoms. The number of ether oxygens (including phenoxy) is 1. The van der Waals surface area contributed by atoms with E-state index in [-0.39, 0.29) is 0 Å². The van der Waals surface area contributed by atoms with Gasteiger partial charge in [-0.05, 0) is 73.5 Å². The first-order valence-corrected chi connectivity index (χ1v) is 7.99. The molecule has 0 fully saturated rings. The molecule has 24 heavy (non-hydrogen) atoms. The van der Waals surface area contributed by atoms with Gasteiger partial charge in [0.15, 0.2) is 0 Å². The number of hydrogen-bond donors (Lipinski definition) is 2. The minimum Gasteiger partial charge on any atom is -0.497 e. The normalized spacial score (nSPS) is 10.3. The molecule has 0 aliphatic rings. The molecule has 0 atom stereocenters. The topological polar surface area (TPSA) is 33.3 Å². The average molecular weight is 318 g/mol. The maximum Gasteiger partial charge on any atom is 0.120 e. The van der Waals surface area contributed by atoms with Crippen LogP contribution in [0.1, 0.15) is 11.1 Å². The van der Waals surface area contributed by atoms with Crippen LogP contribution in [0.3, 0.4) is 0 Å². The molecule has 0 saturated heterocycles. The van der Waals surface area contributed by atoms with Gasteiger partial charge in [0.2, 0.25) is 0 Å². The Morgan fingerprint density at radius 3 is 1.79 bits per heavy atom. The largest absolute Gasteiger partial charge is 0.497 e. The van der Waals surface area contributed by atoms with E-state index in [4.69, 9.17) is 4.74 Å². The fourth-order valence-electron chi connectivity index (χ4n) is 2.72. The molecule has 0 radical (unpaired) electrons. The van der Waals surface area contributed by atoms with Gasteiger partial charge in [0.25, 0.3) is 0 Å². The highest BCUT2D eigenvalue weighted by Crippen LogP contribution is 2.24. The van der Waals surface area contributed by atoms with E-state index in [0.717, 1.165) is 28.5 Å². The van der Waals surface area contributed by atoms with Crippen LogP contribution in [-0.2, 0) is 0 Å². The van der Waals surface area contributed by atoms with Crippen molar-refractivity contribution < 1.29 is 4.74 Å². The molecular formula is C21H22N2O. The number of hydrogen-bond acceptors (Lipinski definition) is 3. The van der Waals surface area contributed by atoms with Crippen LogP contribution in [0, 0.1) is 13.8 Å². The number of anilines is 4. The molecule has 122 valence electrons. The third-order valence-corrected chi connectivity index (χ3v) is 3.75. The Morgan fingerprint density at radius 2 is 1.21 bits per heavy atom. The van der Waals surface area contributed by atoms with Gasteiger partial charge in [-0.25, -0.2) is 0 Å². The number of methoxy groups -OCH3 is 1. The maximum atomic E-state index is 5.25. The molecule has 2 N–H and O–H groups in total. The highest BCUT2D eigenvalue weighted by molar-refractivity contribution is 5.67. The van der Waals surface area contributed by atoms with Crippen molar-refractivity contribution >= 4 is 22.7 Å². The van der Waals surface area contributed by atoms with Crippen molar-refractivity contribution in [3.63, 3.8) is 0 Å². The molecule has 3 heteroatoms. The van der Waals surface area contributed by atoms with Crippen LogP contribution in [-0.4, -0.2) is 7.11 Å². The first-order chi connectivity index (χ1) is 11.6. The van der Waals surface area contributed by atoms with Gasteiger partial charge >= 0.3 is 0 Å². The zero-order valence-corrected chi connectivity index (χ0v) is 14.3. The molecule has 3 nitrogen and oxygen atoms in total. The van der Waals surface area contributed by atoms with Gasteiger partial charge in [-0.2, -0.15) is 0 Å². The lowest BCUT2D eigenvalue weighted by molar-refractivity contribution is 0.415. The standard InChI is InChI=1S/C21H22N2O/c1-15-11-16(2)13-20(12-15)23-18-9-7-17(8-10-18)22-19-5-4-6-21(14-19)24-3/h4-14,22-23H,1-3H3. The summed E-state index contributed by atoms with van der Waals surface area (Å²) in [6, 6.07) is 22.6. The van der Waals surface area contributed by atoms with Gasteiger partial charge in [0, 0.05) is 28.8 Å². The Kier molecular flexibility index (Phi) is 4.71. The quantitative estimate of drug-likeness (QED) is 0.624. The third kappa shape index (κ3) is 4.07. The van der Waals surface area contributed by atoms with Crippen molar-refractivity contribution in [2.75, 3.05) is 17.7 Å². The van der Waals surface area contributed by atoms with E-state index in [1.807, 2.05) is 24.3 Å². The smallest absolute Gasteiger partial charge is 0.120 e. The SMILES string of the molecule is COc1cccc(Nc2ccc(Nc3cc(C)cc(C)c3)cc2)c1. The van der Waals surface area contributed by atoms with Crippen LogP contribution in [0.15, 0.2) is 66.7 Å². The van der Waals surface area contributed by atoms with Crippen LogP contribution in [0.5, 0.6) is 5.75 Å². The van der Waals surface area contributed by atoms with E-state index in [9.17, 15) is 0 Å². The second kappa shape index (κ2) is 7.09. The second-order valence-electron chi connectivity index (χ2n) is 5.94. The van der Waals surface area contributed by atoms with Crippen molar-refractivity contribution in [2.24, 2.45) is 0 Å². The molecule has 0 heterocycles. The summed E-state index contributed by atoms with van der Waals surface area (Å²) in [5.74, 6) is 0.841. The number of nitrogens with one attached hydrogen (secondary N) is 2. The van der Waals surface area contributed by atoms with Gasteiger partial charge in [-0.3, -0.25) is 0 Å². The van der Waals surface area contributed by atoms with E-state index in [2.05, 4.69) is 66.9 Å². The lowest BCUT2D eigenvalue weighted by Crippen LogP contribution is -1.94. The van der Waals surface area contributed by atoms with Crippen molar-refractivity contribution in [2.45, 2.75) is 13.8 Å². The summed E-state index contributed by atoms with van der Waals surface area (Å²) in [6.45, 7) is 4.22. The second-order valence-corrected chi connectivity index (χ2v) is 5.94. The van der Waals surface area contributed by atoms with Gasteiger partial charge in [-0.1, -0.05) is 12.1 Å². The Balaban J connectivity index is 1.70. The van der Waals surface area contributed by atoms with Crippen LogP contribution in [0.2, 0.25) is 0 Å². The van der Waals surface area contributed by atoms with Crippen molar-refractivity contribution in [1.82, 2.24) is 0 Å². The van der Waals surface area contributed by atoms with Gasteiger partial charge in [-0.15, -0.1) is 0 Å². The average Bonchev–Trinajstić information content (AvgIpc) is 2.56. The maximum absolute atomic E-state index is 5.25. The molecule has 0 aromatic heterocycles. The van der Waals surface area contributed by atoms with Crippen molar-refractivity contribution in [1.29, 1.82) is 0 Å². The van der Waals surface area contributed by atoms with Crippen LogP contribution < -0.4 is 15.4 Å². The number of benzene rings is 3. The molecular weight excluding hydrogens is 296 g/mol. The van der Waals surface area contributed by atoms with E-state index in [1.165, 1.54) is 11.1 Å². The molecule has 0 aliphatic heterocycles. The first kappa shape index (κ1) is 15.9. The minimum absolute atomic E-state index is 0.841. The van der Waals surface area contributed by atoms with E-state index < -0.39 is 0 Å². The summed E-state index contributed by atoms with van der Waals surface area (Å²) in [6.07, 6.45) is 0. The Bertz CT molecular complexity index is 805. The van der Waals surface area contributed by atoms with Gasteiger partial charge in [0.1, 0.15) is 5.75 Å². The Labute approximate surface area is 143 Å². The van der Waals surface area contributed by atoms with Crippen molar-refractivity contribution in [3.8, 4) is 5.75 Å².